The van der Waals surface area contributed by atoms with Gasteiger partial charge in [-0.1, -0.05) is 19.1 Å². The quantitative estimate of drug-likeness (QED) is 0.545. The normalized spacial score (nSPS) is 20.5. The summed E-state index contributed by atoms with van der Waals surface area (Å²) in [4.78, 5) is 40.3. The molecule has 1 unspecified atom stereocenters. The van der Waals surface area contributed by atoms with Crippen LogP contribution in [0, 0.1) is 0 Å². The fourth-order valence-corrected chi connectivity index (χ4v) is 5.12. The fourth-order valence-electron chi connectivity index (χ4n) is 3.94. The van der Waals surface area contributed by atoms with Gasteiger partial charge in [-0.3, -0.25) is 9.59 Å². The van der Waals surface area contributed by atoms with Crippen molar-refractivity contribution in [1.82, 2.24) is 0 Å². The minimum atomic E-state index is -0.401. The lowest BCUT2D eigenvalue weighted by Gasteiger charge is -2.33. The van der Waals surface area contributed by atoms with Crippen LogP contribution in [0.25, 0.3) is 0 Å². The second-order valence-corrected chi connectivity index (χ2v) is 8.29. The lowest BCUT2D eigenvalue weighted by molar-refractivity contribution is -0.122. The van der Waals surface area contributed by atoms with E-state index in [4.69, 9.17) is 4.74 Å². The molecule has 0 radical (unpaired) electrons. The summed E-state index contributed by atoms with van der Waals surface area (Å²) in [6, 6.07) is 1.96. The fraction of sp³-hybridized carbons (Fsp3) is 0.571. The van der Waals surface area contributed by atoms with Crippen LogP contribution >= 0.6 is 11.3 Å². The number of hydrogen-bond donors (Lipinski definition) is 0. The summed E-state index contributed by atoms with van der Waals surface area (Å²) in [6.45, 7) is 1.83. The molecule has 1 heterocycles. The van der Waals surface area contributed by atoms with E-state index in [2.05, 4.69) is 12.2 Å². The van der Waals surface area contributed by atoms with E-state index in [0.29, 0.717) is 42.7 Å². The second kappa shape index (κ2) is 8.83. The molecule has 1 aromatic rings. The maximum Gasteiger partial charge on any atom is 0.350 e. The van der Waals surface area contributed by atoms with Crippen LogP contribution in [0.4, 0.5) is 5.69 Å². The molecule has 3 rings (SSSR count). The summed E-state index contributed by atoms with van der Waals surface area (Å²) in [6.07, 6.45) is 10.3. The lowest BCUT2D eigenvalue weighted by atomic mass is 9.92. The standard InChI is InChI=1S/C21H27NO4S/c1-3-19(24)22(15-9-11-16(23)12-10-15)17-13-18(14-7-5-4-6-8-14)27-20(17)21(25)26-2/h5,7,13-15H,3-4,6,8-12H2,1-2H3. The number of anilines is 1. The second-order valence-electron chi connectivity index (χ2n) is 7.21. The first-order valence-electron chi connectivity index (χ1n) is 9.77. The minimum absolute atomic E-state index is 0.0111. The van der Waals surface area contributed by atoms with Crippen LogP contribution in [-0.4, -0.2) is 30.8 Å². The van der Waals surface area contributed by atoms with Crippen LogP contribution in [0.15, 0.2) is 18.2 Å². The highest BCUT2D eigenvalue weighted by atomic mass is 32.1. The Bertz CT molecular complexity index is 741. The van der Waals surface area contributed by atoms with E-state index in [1.807, 2.05) is 13.0 Å². The van der Waals surface area contributed by atoms with E-state index in [1.54, 1.807) is 4.90 Å². The highest BCUT2D eigenvalue weighted by molar-refractivity contribution is 7.14. The van der Waals surface area contributed by atoms with Crippen LogP contribution in [0.3, 0.4) is 0 Å². The van der Waals surface area contributed by atoms with E-state index < -0.39 is 5.97 Å². The van der Waals surface area contributed by atoms with Crippen LogP contribution in [0.5, 0.6) is 0 Å². The van der Waals surface area contributed by atoms with Gasteiger partial charge in [-0.05, 0) is 38.2 Å². The Morgan fingerprint density at radius 1 is 1.26 bits per heavy atom. The zero-order valence-corrected chi connectivity index (χ0v) is 16.8. The van der Waals surface area contributed by atoms with Gasteiger partial charge in [0.05, 0.1) is 12.8 Å². The molecule has 1 aromatic heterocycles. The number of carbonyl (C=O) groups is 3. The van der Waals surface area contributed by atoms with Crippen LogP contribution in [0.2, 0.25) is 0 Å². The topological polar surface area (TPSA) is 63.7 Å². The van der Waals surface area contributed by atoms with Crippen molar-refractivity contribution < 1.29 is 19.1 Å². The van der Waals surface area contributed by atoms with Crippen molar-refractivity contribution in [2.45, 2.75) is 70.3 Å². The van der Waals surface area contributed by atoms with E-state index in [0.717, 1.165) is 24.1 Å². The number of thiophene rings is 1. The first-order valence-corrected chi connectivity index (χ1v) is 10.6. The molecule has 2 aliphatic carbocycles. The molecule has 0 spiro atoms. The monoisotopic (exact) mass is 389 g/mol. The van der Waals surface area contributed by atoms with Gasteiger partial charge in [-0.2, -0.15) is 0 Å². The predicted molar refractivity (Wildman–Crippen MR) is 106 cm³/mol. The van der Waals surface area contributed by atoms with Crippen LogP contribution < -0.4 is 4.90 Å². The third-order valence-corrected chi connectivity index (χ3v) is 6.67. The molecule has 0 saturated heterocycles. The lowest BCUT2D eigenvalue weighted by Crippen LogP contribution is -2.43. The third kappa shape index (κ3) is 4.32. The Morgan fingerprint density at radius 3 is 2.59 bits per heavy atom. The maximum atomic E-state index is 12.8. The van der Waals surface area contributed by atoms with Crippen molar-refractivity contribution in [2.75, 3.05) is 12.0 Å². The number of rotatable bonds is 5. The smallest absolute Gasteiger partial charge is 0.350 e. The van der Waals surface area contributed by atoms with Crippen LogP contribution in [-0.2, 0) is 14.3 Å². The Morgan fingerprint density at radius 2 is 2.00 bits per heavy atom. The summed E-state index contributed by atoms with van der Waals surface area (Å²) in [5, 5.41) is 0. The van der Waals surface area contributed by atoms with Gasteiger partial charge in [0, 0.05) is 36.1 Å². The Hall–Kier alpha value is -1.95. The molecule has 0 aliphatic heterocycles. The summed E-state index contributed by atoms with van der Waals surface area (Å²) in [5.74, 6) is 0.124. The van der Waals surface area contributed by atoms with Gasteiger partial charge < -0.3 is 9.64 Å². The van der Waals surface area contributed by atoms with Crippen molar-refractivity contribution >= 4 is 34.7 Å². The molecule has 146 valence electrons. The van der Waals surface area contributed by atoms with E-state index in [1.165, 1.54) is 18.4 Å². The molecule has 27 heavy (non-hydrogen) atoms. The molecule has 1 amide bonds. The largest absolute Gasteiger partial charge is 0.465 e. The molecule has 1 atom stereocenters. The molecule has 1 saturated carbocycles. The van der Waals surface area contributed by atoms with E-state index >= 15 is 0 Å². The zero-order valence-electron chi connectivity index (χ0n) is 16.0. The average Bonchev–Trinajstić information content (AvgIpc) is 3.14. The third-order valence-electron chi connectivity index (χ3n) is 5.43. The van der Waals surface area contributed by atoms with Gasteiger partial charge >= 0.3 is 5.97 Å². The first-order chi connectivity index (χ1) is 13.0. The van der Waals surface area contributed by atoms with Crippen molar-refractivity contribution in [3.8, 4) is 0 Å². The Kier molecular flexibility index (Phi) is 6.47. The predicted octanol–water partition coefficient (Wildman–Crippen LogP) is 4.61. The first kappa shape index (κ1) is 19.8. The van der Waals surface area contributed by atoms with Crippen molar-refractivity contribution in [3.05, 3.63) is 28.0 Å². The highest BCUT2D eigenvalue weighted by Crippen LogP contribution is 2.41. The number of esters is 1. The van der Waals surface area contributed by atoms with Crippen molar-refractivity contribution in [1.29, 1.82) is 0 Å². The summed E-state index contributed by atoms with van der Waals surface area (Å²) < 4.78 is 5.01. The van der Waals surface area contributed by atoms with E-state index in [-0.39, 0.29) is 23.7 Å². The number of hydrogen-bond acceptors (Lipinski definition) is 5. The van der Waals surface area contributed by atoms with Gasteiger partial charge in [-0.15, -0.1) is 11.3 Å². The highest BCUT2D eigenvalue weighted by Gasteiger charge is 2.33. The molecular weight excluding hydrogens is 362 g/mol. The average molecular weight is 390 g/mol. The summed E-state index contributed by atoms with van der Waals surface area (Å²) >= 11 is 1.43. The maximum absolute atomic E-state index is 12.8. The molecule has 1 fully saturated rings. The molecule has 6 heteroatoms. The number of Topliss-reactive ketones (excluding diaryl/α,β-unsaturated/α-hetero) is 1. The number of ether oxygens (including phenoxy) is 1. The molecule has 0 bridgehead atoms. The molecule has 0 aromatic carbocycles. The van der Waals surface area contributed by atoms with Gasteiger partial charge in [-0.25, -0.2) is 4.79 Å². The van der Waals surface area contributed by atoms with Gasteiger partial charge in [0.1, 0.15) is 10.7 Å². The summed E-state index contributed by atoms with van der Waals surface area (Å²) in [7, 11) is 1.37. The number of allylic oxidation sites excluding steroid dienone is 2. The molecule has 5 nitrogen and oxygen atoms in total. The number of ketones is 1. The number of carbonyl (C=O) groups excluding carboxylic acids is 3. The Balaban J connectivity index is 2.01. The zero-order chi connectivity index (χ0) is 19.4. The molecular formula is C21H27NO4S. The Labute approximate surface area is 164 Å². The molecule has 2 aliphatic rings. The van der Waals surface area contributed by atoms with Crippen molar-refractivity contribution in [2.24, 2.45) is 0 Å². The minimum Gasteiger partial charge on any atom is -0.465 e. The van der Waals surface area contributed by atoms with Crippen molar-refractivity contribution in [3.63, 3.8) is 0 Å². The summed E-state index contributed by atoms with van der Waals surface area (Å²) in [5.41, 5.74) is 0.659. The SMILES string of the molecule is CCC(=O)N(c1cc(C2C=CCCC2)sc1C(=O)OC)C1CCC(=O)CC1. The van der Waals surface area contributed by atoms with Gasteiger partial charge in [0.25, 0.3) is 0 Å². The van der Waals surface area contributed by atoms with Crippen LogP contribution in [0.1, 0.15) is 78.8 Å². The van der Waals surface area contributed by atoms with Gasteiger partial charge in [0.15, 0.2) is 0 Å². The van der Waals surface area contributed by atoms with E-state index in [9.17, 15) is 14.4 Å². The number of amides is 1. The number of methoxy groups -OCH3 is 1. The molecule has 0 N–H and O–H groups in total. The number of nitrogens with zero attached hydrogens (tertiary/aromatic N) is 1. The van der Waals surface area contributed by atoms with Gasteiger partial charge in [0.2, 0.25) is 5.91 Å².